The molecule has 1 heterocycles. The van der Waals surface area contributed by atoms with Gasteiger partial charge in [-0.2, -0.15) is 11.3 Å². The lowest BCUT2D eigenvalue weighted by Gasteiger charge is -2.29. The number of hydrogen-bond donors (Lipinski definition) is 2. The number of unbranched alkanes of at least 4 members (excludes halogenated alkanes) is 1. The van der Waals surface area contributed by atoms with Gasteiger partial charge in [-0.15, -0.1) is 0 Å². The van der Waals surface area contributed by atoms with Crippen LogP contribution < -0.4 is 5.73 Å². The van der Waals surface area contributed by atoms with E-state index in [2.05, 4.69) is 28.7 Å². The number of aliphatic hydroxyl groups excluding tert-OH is 1. The van der Waals surface area contributed by atoms with E-state index in [-0.39, 0.29) is 12.6 Å². The molecular weight excluding hydrogens is 220 g/mol. The highest BCUT2D eigenvalue weighted by molar-refractivity contribution is 7.07. The summed E-state index contributed by atoms with van der Waals surface area (Å²) in [6.45, 7) is 4.70. The van der Waals surface area contributed by atoms with E-state index in [9.17, 15) is 0 Å². The van der Waals surface area contributed by atoms with Gasteiger partial charge in [0.2, 0.25) is 0 Å². The zero-order valence-electron chi connectivity index (χ0n) is 9.93. The maximum Gasteiger partial charge on any atom is 0.0558 e. The fourth-order valence-electron chi connectivity index (χ4n) is 1.87. The van der Waals surface area contributed by atoms with Gasteiger partial charge in [-0.3, -0.25) is 4.90 Å². The van der Waals surface area contributed by atoms with Crippen molar-refractivity contribution in [2.45, 2.75) is 25.8 Å². The minimum atomic E-state index is 0.199. The zero-order valence-corrected chi connectivity index (χ0v) is 10.7. The van der Waals surface area contributed by atoms with Gasteiger partial charge in [0.1, 0.15) is 0 Å². The lowest BCUT2D eigenvalue weighted by Crippen LogP contribution is -2.36. The van der Waals surface area contributed by atoms with Crippen molar-refractivity contribution in [2.75, 3.05) is 26.2 Å². The third-order valence-electron chi connectivity index (χ3n) is 2.78. The van der Waals surface area contributed by atoms with Gasteiger partial charge < -0.3 is 10.8 Å². The van der Waals surface area contributed by atoms with Crippen LogP contribution in [0.4, 0.5) is 0 Å². The second-order valence-electron chi connectivity index (χ2n) is 3.92. The molecule has 92 valence electrons. The minimum Gasteiger partial charge on any atom is -0.395 e. The highest BCUT2D eigenvalue weighted by Gasteiger charge is 2.18. The molecule has 4 heteroatoms. The van der Waals surface area contributed by atoms with Crippen molar-refractivity contribution in [3.05, 3.63) is 22.4 Å². The molecule has 0 radical (unpaired) electrons. The molecule has 0 aromatic carbocycles. The van der Waals surface area contributed by atoms with Crippen LogP contribution in [-0.2, 0) is 0 Å². The lowest BCUT2D eigenvalue weighted by atomic mass is 10.1. The molecule has 1 aromatic heterocycles. The minimum absolute atomic E-state index is 0.199. The fourth-order valence-corrected chi connectivity index (χ4v) is 2.58. The summed E-state index contributed by atoms with van der Waals surface area (Å²) >= 11 is 1.70. The Morgan fingerprint density at radius 1 is 1.50 bits per heavy atom. The van der Waals surface area contributed by atoms with E-state index in [1.165, 1.54) is 12.0 Å². The maximum atomic E-state index is 9.10. The zero-order chi connectivity index (χ0) is 11.8. The van der Waals surface area contributed by atoms with Gasteiger partial charge in [-0.25, -0.2) is 0 Å². The van der Waals surface area contributed by atoms with Crippen molar-refractivity contribution in [1.29, 1.82) is 0 Å². The molecule has 3 nitrogen and oxygen atoms in total. The first-order valence-corrected chi connectivity index (χ1v) is 6.84. The predicted molar refractivity (Wildman–Crippen MR) is 69.7 cm³/mol. The Hall–Kier alpha value is -0.420. The Morgan fingerprint density at radius 3 is 2.81 bits per heavy atom. The summed E-state index contributed by atoms with van der Waals surface area (Å²) in [5, 5.41) is 13.3. The van der Waals surface area contributed by atoms with Crippen LogP contribution in [0.15, 0.2) is 16.8 Å². The highest BCUT2D eigenvalue weighted by Crippen LogP contribution is 2.22. The van der Waals surface area contributed by atoms with Gasteiger partial charge in [-0.05, 0) is 35.4 Å². The maximum absolute atomic E-state index is 9.10. The molecule has 0 saturated carbocycles. The van der Waals surface area contributed by atoms with Gasteiger partial charge in [0, 0.05) is 19.1 Å². The monoisotopic (exact) mass is 242 g/mol. The Labute approximate surface area is 102 Å². The van der Waals surface area contributed by atoms with Crippen LogP contribution in [0.25, 0.3) is 0 Å². The summed E-state index contributed by atoms with van der Waals surface area (Å²) in [7, 11) is 0. The molecule has 0 fully saturated rings. The van der Waals surface area contributed by atoms with Gasteiger partial charge in [0.25, 0.3) is 0 Å². The van der Waals surface area contributed by atoms with Crippen LogP contribution in [0.1, 0.15) is 31.4 Å². The number of nitrogens with zero attached hydrogens (tertiary/aromatic N) is 1. The summed E-state index contributed by atoms with van der Waals surface area (Å²) in [6.07, 6.45) is 2.32. The Balaban J connectivity index is 2.65. The van der Waals surface area contributed by atoms with Crippen molar-refractivity contribution < 1.29 is 5.11 Å². The molecule has 0 bridgehead atoms. The van der Waals surface area contributed by atoms with E-state index < -0.39 is 0 Å². The third-order valence-corrected chi connectivity index (χ3v) is 3.48. The fraction of sp³-hybridized carbons (Fsp3) is 0.667. The first-order valence-electron chi connectivity index (χ1n) is 5.90. The van der Waals surface area contributed by atoms with Gasteiger partial charge in [-0.1, -0.05) is 13.3 Å². The van der Waals surface area contributed by atoms with Crippen LogP contribution in [0.2, 0.25) is 0 Å². The van der Waals surface area contributed by atoms with E-state index in [1.807, 2.05) is 0 Å². The molecule has 16 heavy (non-hydrogen) atoms. The quantitative estimate of drug-likeness (QED) is 0.731. The molecule has 0 amide bonds. The summed E-state index contributed by atoms with van der Waals surface area (Å²) in [4.78, 5) is 2.28. The van der Waals surface area contributed by atoms with Crippen LogP contribution in [0.3, 0.4) is 0 Å². The Morgan fingerprint density at radius 2 is 2.31 bits per heavy atom. The topological polar surface area (TPSA) is 49.5 Å². The Kier molecular flexibility index (Phi) is 6.64. The van der Waals surface area contributed by atoms with E-state index in [1.54, 1.807) is 11.3 Å². The number of nitrogens with two attached hydrogens (primary N) is 1. The van der Waals surface area contributed by atoms with E-state index in [0.29, 0.717) is 13.1 Å². The molecule has 1 rings (SSSR count). The summed E-state index contributed by atoms with van der Waals surface area (Å²) < 4.78 is 0. The van der Waals surface area contributed by atoms with Crippen molar-refractivity contribution >= 4 is 11.3 Å². The molecule has 0 aliphatic heterocycles. The average Bonchev–Trinajstić information content (AvgIpc) is 2.80. The van der Waals surface area contributed by atoms with Gasteiger partial charge in [0.15, 0.2) is 0 Å². The van der Waals surface area contributed by atoms with Crippen LogP contribution in [0, 0.1) is 0 Å². The molecule has 1 aromatic rings. The molecular formula is C12H22N2OS. The van der Waals surface area contributed by atoms with Crippen LogP contribution >= 0.6 is 11.3 Å². The average molecular weight is 242 g/mol. The third kappa shape index (κ3) is 3.87. The number of hydrogen-bond acceptors (Lipinski definition) is 4. The van der Waals surface area contributed by atoms with Crippen molar-refractivity contribution in [3.63, 3.8) is 0 Å². The first-order chi connectivity index (χ1) is 7.83. The SMILES string of the molecule is CCCCN(CCO)C(CN)c1ccsc1. The van der Waals surface area contributed by atoms with Crippen LogP contribution in [0.5, 0.6) is 0 Å². The largest absolute Gasteiger partial charge is 0.395 e. The Bertz CT molecular complexity index is 264. The summed E-state index contributed by atoms with van der Waals surface area (Å²) in [6, 6.07) is 2.38. The molecule has 1 unspecified atom stereocenters. The molecule has 0 aliphatic carbocycles. The van der Waals surface area contributed by atoms with Crippen molar-refractivity contribution in [3.8, 4) is 0 Å². The van der Waals surface area contributed by atoms with E-state index >= 15 is 0 Å². The summed E-state index contributed by atoms with van der Waals surface area (Å²) in [5.74, 6) is 0. The molecule has 0 aliphatic rings. The standard InChI is InChI=1S/C12H22N2OS/c1-2-3-5-14(6-7-15)12(9-13)11-4-8-16-10-11/h4,8,10,12,15H,2-3,5-7,9,13H2,1H3. The molecule has 0 saturated heterocycles. The molecule has 3 N–H and O–H groups in total. The van der Waals surface area contributed by atoms with Crippen LogP contribution in [-0.4, -0.2) is 36.2 Å². The van der Waals surface area contributed by atoms with Gasteiger partial charge in [0.05, 0.1) is 6.61 Å². The molecule has 0 spiro atoms. The normalized spacial score (nSPS) is 13.2. The second-order valence-corrected chi connectivity index (χ2v) is 4.70. The second kappa shape index (κ2) is 7.79. The smallest absolute Gasteiger partial charge is 0.0558 e. The van der Waals surface area contributed by atoms with E-state index in [0.717, 1.165) is 13.0 Å². The van der Waals surface area contributed by atoms with Gasteiger partial charge >= 0.3 is 0 Å². The van der Waals surface area contributed by atoms with E-state index in [4.69, 9.17) is 10.8 Å². The number of thiophene rings is 1. The first kappa shape index (κ1) is 13.6. The number of aliphatic hydroxyl groups is 1. The number of rotatable bonds is 8. The van der Waals surface area contributed by atoms with Crippen molar-refractivity contribution in [2.24, 2.45) is 5.73 Å². The highest BCUT2D eigenvalue weighted by atomic mass is 32.1. The van der Waals surface area contributed by atoms with Crippen molar-refractivity contribution in [1.82, 2.24) is 4.90 Å². The lowest BCUT2D eigenvalue weighted by molar-refractivity contribution is 0.151. The molecule has 1 atom stereocenters. The summed E-state index contributed by atoms with van der Waals surface area (Å²) in [5.41, 5.74) is 7.12. The predicted octanol–water partition coefficient (Wildman–Crippen LogP) is 1.84.